The van der Waals surface area contributed by atoms with Crippen LogP contribution in [0.2, 0.25) is 0 Å². The number of nitrogens with two attached hydrogens (primary N) is 1. The zero-order chi connectivity index (χ0) is 26.0. The van der Waals surface area contributed by atoms with Gasteiger partial charge < -0.3 is 20.9 Å². The van der Waals surface area contributed by atoms with Crippen LogP contribution in [0.15, 0.2) is 42.0 Å². The minimum atomic E-state index is -0.110. The molecule has 2 aromatic heterocycles. The van der Waals surface area contributed by atoms with Gasteiger partial charge in [-0.1, -0.05) is 26.0 Å². The van der Waals surface area contributed by atoms with Crippen LogP contribution >= 0.6 is 11.3 Å². The number of pyridine rings is 1. The smallest absolute Gasteiger partial charge is 0.225 e. The molecule has 1 saturated heterocycles. The number of piperazine rings is 1. The van der Waals surface area contributed by atoms with Crippen molar-refractivity contribution >= 4 is 51.3 Å². The Kier molecular flexibility index (Phi) is 10.6. The van der Waals surface area contributed by atoms with Crippen molar-refractivity contribution in [1.29, 1.82) is 0 Å². The van der Waals surface area contributed by atoms with Crippen LogP contribution in [-0.2, 0) is 14.4 Å². The molecule has 1 atom stereocenters. The summed E-state index contributed by atoms with van der Waals surface area (Å²) >= 11 is 1.68. The van der Waals surface area contributed by atoms with Gasteiger partial charge >= 0.3 is 0 Å². The maximum atomic E-state index is 11.7. The molecule has 0 aliphatic carbocycles. The topological polar surface area (TPSA) is 122 Å². The summed E-state index contributed by atoms with van der Waals surface area (Å²) in [7, 11) is 0. The Hall–Kier alpha value is -3.53. The van der Waals surface area contributed by atoms with E-state index in [-0.39, 0.29) is 23.8 Å². The van der Waals surface area contributed by atoms with Crippen molar-refractivity contribution in [2.75, 3.05) is 30.7 Å². The molecule has 3 aromatic rings. The zero-order valence-electron chi connectivity index (χ0n) is 20.9. The van der Waals surface area contributed by atoms with Crippen molar-refractivity contribution in [2.45, 2.75) is 40.7 Å². The Morgan fingerprint density at radius 2 is 1.94 bits per heavy atom. The predicted molar refractivity (Wildman–Crippen MR) is 141 cm³/mol. The molecule has 1 aliphatic rings. The molecule has 1 aromatic carbocycles. The minimum absolute atomic E-state index is 0.0419. The van der Waals surface area contributed by atoms with E-state index < -0.39 is 0 Å². The van der Waals surface area contributed by atoms with Crippen molar-refractivity contribution in [2.24, 2.45) is 5.92 Å². The number of fused-ring (bicyclic) bond motifs is 1. The molecule has 9 nitrogen and oxygen atoms in total. The molecule has 1 fully saturated rings. The van der Waals surface area contributed by atoms with E-state index in [2.05, 4.69) is 21.4 Å². The number of anilines is 2. The Balaban J connectivity index is 0.000000189. The SMILES string of the molecule is CC(=O)Nc1cnc(N)c(C)c1.CC(C)C(=O)N1CCN(C=O)CC1C.c1ccc2scnc2c1. The molecule has 4 rings (SSSR count). The number of rotatable bonds is 3. The zero-order valence-corrected chi connectivity index (χ0v) is 21.7. The normalized spacial score (nSPS) is 15.0. The van der Waals surface area contributed by atoms with E-state index in [9.17, 15) is 14.4 Å². The summed E-state index contributed by atoms with van der Waals surface area (Å²) in [5.74, 6) is 0.605. The first-order valence-corrected chi connectivity index (χ1v) is 12.3. The van der Waals surface area contributed by atoms with Crippen molar-refractivity contribution in [1.82, 2.24) is 19.8 Å². The van der Waals surface area contributed by atoms with Gasteiger partial charge in [-0.25, -0.2) is 9.97 Å². The van der Waals surface area contributed by atoms with Crippen LogP contribution in [0, 0.1) is 12.8 Å². The number of aromatic nitrogens is 2. The van der Waals surface area contributed by atoms with Gasteiger partial charge in [0.05, 0.1) is 27.6 Å². The number of carbonyl (C=O) groups excluding carboxylic acids is 3. The van der Waals surface area contributed by atoms with Gasteiger partial charge in [0.25, 0.3) is 0 Å². The van der Waals surface area contributed by atoms with E-state index in [1.165, 1.54) is 17.8 Å². The van der Waals surface area contributed by atoms with E-state index >= 15 is 0 Å². The van der Waals surface area contributed by atoms with E-state index in [0.29, 0.717) is 31.1 Å². The summed E-state index contributed by atoms with van der Waals surface area (Å²) in [6.07, 6.45) is 2.39. The quantitative estimate of drug-likeness (QED) is 0.533. The Morgan fingerprint density at radius 1 is 1.23 bits per heavy atom. The van der Waals surface area contributed by atoms with Gasteiger partial charge in [-0.05, 0) is 37.6 Å². The lowest BCUT2D eigenvalue weighted by atomic mass is 10.1. The largest absolute Gasteiger partial charge is 0.383 e. The van der Waals surface area contributed by atoms with Crippen LogP contribution in [0.1, 0.15) is 33.3 Å². The second-order valence-electron chi connectivity index (χ2n) is 8.56. The van der Waals surface area contributed by atoms with E-state index in [4.69, 9.17) is 5.73 Å². The average Bonchev–Trinajstić information content (AvgIpc) is 3.30. The van der Waals surface area contributed by atoms with Crippen LogP contribution in [0.3, 0.4) is 0 Å². The highest BCUT2D eigenvalue weighted by atomic mass is 32.1. The first-order chi connectivity index (χ1) is 16.6. The number of nitrogen functional groups attached to an aromatic ring is 1. The number of hydrogen-bond acceptors (Lipinski definition) is 7. The summed E-state index contributed by atoms with van der Waals surface area (Å²) in [6.45, 7) is 11.1. The lowest BCUT2D eigenvalue weighted by Gasteiger charge is -2.39. The van der Waals surface area contributed by atoms with E-state index in [0.717, 1.165) is 17.5 Å². The number of nitrogens with zero attached hydrogens (tertiary/aromatic N) is 4. The average molecular weight is 499 g/mol. The molecule has 1 unspecified atom stereocenters. The fraction of sp³-hybridized carbons (Fsp3) is 0.400. The molecule has 3 amide bonds. The standard InChI is InChI=1S/C10H18N2O2.C8H11N3O.C7H5NS/c1-8(2)10(14)12-5-4-11(7-13)6-9(12)3;1-5-3-7(11-6(2)12)4-10-8(5)9;1-2-4-7-6(3-1)8-5-9-7/h7-9H,4-6H2,1-3H3;3-4H,1-2H3,(H2,9,10)(H,11,12);1-5H. The maximum absolute atomic E-state index is 11.7. The lowest BCUT2D eigenvalue weighted by molar-refractivity contribution is -0.141. The predicted octanol–water partition coefficient (Wildman–Crippen LogP) is 3.56. The van der Waals surface area contributed by atoms with Crippen molar-refractivity contribution in [3.8, 4) is 0 Å². The molecular weight excluding hydrogens is 464 g/mol. The molecule has 3 N–H and O–H groups in total. The van der Waals surface area contributed by atoms with Gasteiger partial charge in [0, 0.05) is 38.5 Å². The van der Waals surface area contributed by atoms with E-state index in [1.54, 1.807) is 22.3 Å². The molecule has 188 valence electrons. The lowest BCUT2D eigenvalue weighted by Crippen LogP contribution is -2.54. The molecular formula is C25H34N6O3S. The Bertz CT molecular complexity index is 1100. The van der Waals surface area contributed by atoms with Crippen LogP contribution in [0.25, 0.3) is 10.2 Å². The van der Waals surface area contributed by atoms with Crippen LogP contribution < -0.4 is 11.1 Å². The molecule has 0 radical (unpaired) electrons. The number of aryl methyl sites for hydroxylation is 1. The van der Waals surface area contributed by atoms with Gasteiger partial charge in [-0.3, -0.25) is 14.4 Å². The summed E-state index contributed by atoms with van der Waals surface area (Å²) in [4.78, 5) is 44.5. The highest BCUT2D eigenvalue weighted by molar-refractivity contribution is 7.16. The van der Waals surface area contributed by atoms with Gasteiger partial charge in [0.2, 0.25) is 18.2 Å². The maximum Gasteiger partial charge on any atom is 0.225 e. The number of para-hydroxylation sites is 1. The number of amides is 3. The molecule has 0 spiro atoms. The highest BCUT2D eigenvalue weighted by Crippen LogP contribution is 2.15. The summed E-state index contributed by atoms with van der Waals surface area (Å²) in [5, 5.41) is 2.62. The molecule has 1 aliphatic heterocycles. The first kappa shape index (κ1) is 27.7. The number of carbonyl (C=O) groups is 3. The second kappa shape index (κ2) is 13.4. The van der Waals surface area contributed by atoms with Crippen molar-refractivity contribution in [3.63, 3.8) is 0 Å². The van der Waals surface area contributed by atoms with Gasteiger partial charge in [-0.15, -0.1) is 11.3 Å². The molecule has 3 heterocycles. The van der Waals surface area contributed by atoms with Crippen LogP contribution in [0.5, 0.6) is 0 Å². The molecule has 35 heavy (non-hydrogen) atoms. The summed E-state index contributed by atoms with van der Waals surface area (Å²) in [6, 6.07) is 10.1. The molecule has 10 heteroatoms. The monoisotopic (exact) mass is 498 g/mol. The number of thiazole rings is 1. The van der Waals surface area contributed by atoms with Gasteiger partial charge in [0.1, 0.15) is 5.82 Å². The fourth-order valence-electron chi connectivity index (χ4n) is 3.40. The minimum Gasteiger partial charge on any atom is -0.383 e. The van der Waals surface area contributed by atoms with Gasteiger partial charge in [-0.2, -0.15) is 0 Å². The van der Waals surface area contributed by atoms with Crippen molar-refractivity contribution < 1.29 is 14.4 Å². The second-order valence-corrected chi connectivity index (χ2v) is 9.45. The third-order valence-corrected chi connectivity index (χ3v) is 6.07. The highest BCUT2D eigenvalue weighted by Gasteiger charge is 2.27. The fourth-order valence-corrected chi connectivity index (χ4v) is 4.08. The van der Waals surface area contributed by atoms with Crippen molar-refractivity contribution in [3.05, 3.63) is 47.6 Å². The molecule has 0 saturated carbocycles. The van der Waals surface area contributed by atoms with Crippen LogP contribution in [0.4, 0.5) is 11.5 Å². The van der Waals surface area contributed by atoms with Gasteiger partial charge in [0.15, 0.2) is 0 Å². The number of hydrogen-bond donors (Lipinski definition) is 2. The third-order valence-electron chi connectivity index (χ3n) is 5.26. The Labute approximate surface area is 210 Å². The summed E-state index contributed by atoms with van der Waals surface area (Å²) in [5.41, 5.74) is 10.00. The van der Waals surface area contributed by atoms with Crippen LogP contribution in [-0.4, -0.2) is 63.7 Å². The molecule has 0 bridgehead atoms. The number of nitrogens with one attached hydrogen (secondary N) is 1. The third kappa shape index (κ3) is 8.64. The van der Waals surface area contributed by atoms with E-state index in [1.807, 2.05) is 56.3 Å². The summed E-state index contributed by atoms with van der Waals surface area (Å²) < 4.78 is 1.26. The first-order valence-electron chi connectivity index (χ1n) is 11.4. The Morgan fingerprint density at radius 3 is 2.51 bits per heavy atom. The number of benzene rings is 1.